The zero-order chi connectivity index (χ0) is 15.6. The molecule has 1 heterocycles. The molecular formula is C19H29Cl3N2. The van der Waals surface area contributed by atoms with Crippen LogP contribution in [0.2, 0.25) is 5.02 Å². The van der Waals surface area contributed by atoms with Crippen LogP contribution in [0.1, 0.15) is 38.7 Å². The summed E-state index contributed by atoms with van der Waals surface area (Å²) in [6.07, 6.45) is 3.70. The molecule has 1 N–H and O–H groups in total. The van der Waals surface area contributed by atoms with E-state index in [1.54, 1.807) is 11.1 Å². The molecule has 0 spiro atoms. The van der Waals surface area contributed by atoms with E-state index in [-0.39, 0.29) is 24.8 Å². The van der Waals surface area contributed by atoms with E-state index in [1.165, 1.54) is 37.9 Å². The van der Waals surface area contributed by atoms with Gasteiger partial charge in [-0.15, -0.1) is 24.8 Å². The van der Waals surface area contributed by atoms with E-state index in [2.05, 4.69) is 36.2 Å². The van der Waals surface area contributed by atoms with Crippen molar-refractivity contribution in [2.75, 3.05) is 32.7 Å². The minimum atomic E-state index is 0. The lowest BCUT2D eigenvalue weighted by molar-refractivity contribution is 0.249. The van der Waals surface area contributed by atoms with Crippen LogP contribution in [-0.4, -0.2) is 37.6 Å². The summed E-state index contributed by atoms with van der Waals surface area (Å²) in [6.45, 7) is 10.5. The van der Waals surface area contributed by atoms with Gasteiger partial charge in [0.05, 0.1) is 0 Å². The van der Waals surface area contributed by atoms with E-state index in [1.807, 2.05) is 12.1 Å². The average Bonchev–Trinajstić information content (AvgIpc) is 2.51. The van der Waals surface area contributed by atoms with Crippen molar-refractivity contribution in [2.24, 2.45) is 5.41 Å². The molecule has 0 unspecified atom stereocenters. The predicted octanol–water partition coefficient (Wildman–Crippen LogP) is 5.05. The van der Waals surface area contributed by atoms with E-state index in [4.69, 9.17) is 11.6 Å². The molecule has 1 aliphatic heterocycles. The van der Waals surface area contributed by atoms with Crippen molar-refractivity contribution < 1.29 is 0 Å². The molecule has 1 aromatic carbocycles. The molecule has 0 bridgehead atoms. The third-order valence-electron chi connectivity index (χ3n) is 5.00. The molecule has 5 heteroatoms. The van der Waals surface area contributed by atoms with Gasteiger partial charge in [0.1, 0.15) is 0 Å². The summed E-state index contributed by atoms with van der Waals surface area (Å²) in [4.78, 5) is 2.60. The predicted molar refractivity (Wildman–Crippen MR) is 110 cm³/mol. The lowest BCUT2D eigenvalue weighted by Gasteiger charge is -2.36. The average molecular weight is 392 g/mol. The number of piperazine rings is 1. The van der Waals surface area contributed by atoms with Crippen molar-refractivity contribution >= 4 is 42.0 Å². The van der Waals surface area contributed by atoms with Crippen LogP contribution >= 0.6 is 36.4 Å². The zero-order valence-electron chi connectivity index (χ0n) is 14.6. The Bertz CT molecular complexity index is 546. The highest BCUT2D eigenvalue weighted by molar-refractivity contribution is 6.30. The van der Waals surface area contributed by atoms with E-state index in [9.17, 15) is 0 Å². The van der Waals surface area contributed by atoms with Crippen LogP contribution in [0.15, 0.2) is 29.8 Å². The third kappa shape index (κ3) is 5.64. The van der Waals surface area contributed by atoms with Crippen LogP contribution in [0.25, 0.3) is 5.57 Å². The smallest absolute Gasteiger partial charge is 0.0406 e. The maximum Gasteiger partial charge on any atom is 0.0406 e. The van der Waals surface area contributed by atoms with E-state index < -0.39 is 0 Å². The van der Waals surface area contributed by atoms with Gasteiger partial charge in [-0.25, -0.2) is 0 Å². The number of allylic oxidation sites excluding steroid dienone is 1. The van der Waals surface area contributed by atoms with Gasteiger partial charge in [-0.05, 0) is 47.9 Å². The SMILES string of the molecule is CC1(C)CCC(CN2CCNCC2)=C(c2ccc(Cl)cc2)C1.Cl.Cl. The van der Waals surface area contributed by atoms with Crippen molar-refractivity contribution in [1.82, 2.24) is 10.2 Å². The highest BCUT2D eigenvalue weighted by Gasteiger charge is 2.28. The molecule has 2 nitrogen and oxygen atoms in total. The van der Waals surface area contributed by atoms with Crippen molar-refractivity contribution in [3.63, 3.8) is 0 Å². The topological polar surface area (TPSA) is 15.3 Å². The van der Waals surface area contributed by atoms with Crippen LogP contribution in [0.3, 0.4) is 0 Å². The van der Waals surface area contributed by atoms with Crippen LogP contribution in [0.5, 0.6) is 0 Å². The maximum absolute atomic E-state index is 6.07. The highest BCUT2D eigenvalue weighted by atomic mass is 35.5. The van der Waals surface area contributed by atoms with Gasteiger partial charge in [0.25, 0.3) is 0 Å². The normalized spacial score (nSPS) is 21.0. The first kappa shape index (κ1) is 21.8. The fourth-order valence-corrected chi connectivity index (χ4v) is 3.73. The summed E-state index contributed by atoms with van der Waals surface area (Å²) in [6, 6.07) is 8.43. The molecule has 0 amide bonds. The van der Waals surface area contributed by atoms with Gasteiger partial charge in [0.2, 0.25) is 0 Å². The van der Waals surface area contributed by atoms with Gasteiger partial charge in [0.15, 0.2) is 0 Å². The monoisotopic (exact) mass is 390 g/mol. The lowest BCUT2D eigenvalue weighted by Crippen LogP contribution is -2.44. The second-order valence-electron chi connectivity index (χ2n) is 7.46. The van der Waals surface area contributed by atoms with Crippen molar-refractivity contribution in [3.05, 3.63) is 40.4 Å². The summed E-state index contributed by atoms with van der Waals surface area (Å²) >= 11 is 6.07. The highest BCUT2D eigenvalue weighted by Crippen LogP contribution is 2.43. The molecule has 24 heavy (non-hydrogen) atoms. The molecule has 0 aromatic heterocycles. The number of hydrogen-bond acceptors (Lipinski definition) is 2. The molecule has 1 saturated heterocycles. The first-order valence-electron chi connectivity index (χ1n) is 8.43. The Balaban J connectivity index is 0.00000144. The molecule has 0 atom stereocenters. The summed E-state index contributed by atoms with van der Waals surface area (Å²) in [5.41, 5.74) is 4.97. The molecule has 1 aromatic rings. The number of nitrogens with one attached hydrogen (secondary N) is 1. The number of halogens is 3. The van der Waals surface area contributed by atoms with E-state index in [0.717, 1.165) is 24.7 Å². The Morgan fingerprint density at radius 2 is 1.71 bits per heavy atom. The van der Waals surface area contributed by atoms with E-state index in [0.29, 0.717) is 5.41 Å². The van der Waals surface area contributed by atoms with E-state index >= 15 is 0 Å². The summed E-state index contributed by atoms with van der Waals surface area (Å²) < 4.78 is 0. The van der Waals surface area contributed by atoms with Gasteiger partial charge < -0.3 is 5.32 Å². The lowest BCUT2D eigenvalue weighted by atomic mass is 9.72. The number of benzene rings is 1. The molecule has 1 fully saturated rings. The molecule has 3 rings (SSSR count). The molecule has 1 aliphatic carbocycles. The van der Waals surface area contributed by atoms with Crippen LogP contribution in [-0.2, 0) is 0 Å². The Morgan fingerprint density at radius 1 is 1.08 bits per heavy atom. The van der Waals surface area contributed by atoms with Crippen molar-refractivity contribution in [3.8, 4) is 0 Å². The standard InChI is InChI=1S/C19H27ClN2.2ClH/c1-19(2)8-7-16(14-22-11-9-21-10-12-22)18(13-19)15-3-5-17(20)6-4-15;;/h3-6,21H,7-14H2,1-2H3;2*1H. The van der Waals surface area contributed by atoms with Gasteiger partial charge in [0, 0.05) is 37.7 Å². The summed E-state index contributed by atoms with van der Waals surface area (Å²) in [5, 5.41) is 4.26. The number of rotatable bonds is 3. The van der Waals surface area contributed by atoms with Crippen LogP contribution < -0.4 is 5.32 Å². The van der Waals surface area contributed by atoms with Crippen LogP contribution in [0, 0.1) is 5.41 Å². The van der Waals surface area contributed by atoms with Gasteiger partial charge in [-0.1, -0.05) is 43.2 Å². The van der Waals surface area contributed by atoms with Gasteiger partial charge in [-0.3, -0.25) is 4.90 Å². The maximum atomic E-state index is 6.07. The largest absolute Gasteiger partial charge is 0.314 e. The molecule has 136 valence electrons. The minimum Gasteiger partial charge on any atom is -0.314 e. The second kappa shape index (κ2) is 9.45. The fourth-order valence-electron chi connectivity index (χ4n) is 3.60. The molecular weight excluding hydrogens is 363 g/mol. The molecule has 0 saturated carbocycles. The first-order valence-corrected chi connectivity index (χ1v) is 8.81. The summed E-state index contributed by atoms with van der Waals surface area (Å²) in [5.74, 6) is 0. The van der Waals surface area contributed by atoms with Crippen molar-refractivity contribution in [2.45, 2.75) is 33.1 Å². The van der Waals surface area contributed by atoms with Gasteiger partial charge >= 0.3 is 0 Å². The molecule has 2 aliphatic rings. The van der Waals surface area contributed by atoms with Crippen LogP contribution in [0.4, 0.5) is 0 Å². The first-order chi connectivity index (χ1) is 10.5. The van der Waals surface area contributed by atoms with Crippen molar-refractivity contribution in [1.29, 1.82) is 0 Å². The Hall–Kier alpha value is -0.250. The quantitative estimate of drug-likeness (QED) is 0.775. The third-order valence-corrected chi connectivity index (χ3v) is 5.25. The number of hydrogen-bond donors (Lipinski definition) is 1. The second-order valence-corrected chi connectivity index (χ2v) is 7.89. The minimum absolute atomic E-state index is 0. The Morgan fingerprint density at radius 3 is 2.33 bits per heavy atom. The Labute approximate surface area is 163 Å². The number of nitrogens with zero attached hydrogens (tertiary/aromatic N) is 1. The zero-order valence-corrected chi connectivity index (χ0v) is 17.0. The molecule has 0 radical (unpaired) electrons. The summed E-state index contributed by atoms with van der Waals surface area (Å²) in [7, 11) is 0. The van der Waals surface area contributed by atoms with Gasteiger partial charge in [-0.2, -0.15) is 0 Å². The fraction of sp³-hybridized carbons (Fsp3) is 0.579. The Kier molecular flexibility index (Phi) is 8.58.